The number of likely N-dealkylation sites (tertiary alicyclic amines) is 1. The molecule has 3 aromatic rings. The molecule has 0 unspecified atom stereocenters. The second kappa shape index (κ2) is 14.6. The van der Waals surface area contributed by atoms with Gasteiger partial charge in [-0.15, -0.1) is 0 Å². The highest BCUT2D eigenvalue weighted by Crippen LogP contribution is 2.34. The van der Waals surface area contributed by atoms with Crippen LogP contribution in [0.1, 0.15) is 24.8 Å². The molecule has 0 aliphatic carbocycles. The molecule has 0 aromatic heterocycles. The predicted octanol–water partition coefficient (Wildman–Crippen LogP) is 5.28. The lowest BCUT2D eigenvalue weighted by molar-refractivity contribution is -0.116. The molecule has 0 bridgehead atoms. The van der Waals surface area contributed by atoms with Crippen molar-refractivity contribution in [1.29, 1.82) is 0 Å². The van der Waals surface area contributed by atoms with Gasteiger partial charge in [0.1, 0.15) is 11.6 Å². The van der Waals surface area contributed by atoms with Gasteiger partial charge in [0.15, 0.2) is 11.5 Å². The molecule has 3 aromatic carbocycles. The molecule has 1 N–H and O–H groups in total. The molecule has 0 radical (unpaired) electrons. The minimum atomic E-state index is -0.169. The topological polar surface area (TPSA) is 66.5 Å². The molecule has 5 rings (SSSR count). The fraction of sp³-hybridized carbons (Fsp3) is 0.441. The van der Waals surface area contributed by atoms with E-state index >= 15 is 0 Å². The Morgan fingerprint density at radius 3 is 2.44 bits per heavy atom. The number of hydrogen-bond donors (Lipinski definition) is 1. The van der Waals surface area contributed by atoms with Crippen LogP contribution in [0.25, 0.3) is 0 Å². The van der Waals surface area contributed by atoms with Gasteiger partial charge in [-0.25, -0.2) is 4.39 Å². The summed E-state index contributed by atoms with van der Waals surface area (Å²) in [5.41, 5.74) is 2.50. The van der Waals surface area contributed by atoms with E-state index in [1.807, 2.05) is 48.5 Å². The molecule has 2 aliphatic heterocycles. The molecular formula is C34H43FN4O4. The number of nitrogens with one attached hydrogen (secondary N) is 1. The number of piperazine rings is 1. The van der Waals surface area contributed by atoms with Gasteiger partial charge in [-0.3, -0.25) is 14.6 Å². The monoisotopic (exact) mass is 590 g/mol. The molecule has 0 spiro atoms. The van der Waals surface area contributed by atoms with Crippen LogP contribution in [0.4, 0.5) is 15.8 Å². The number of piperidine rings is 1. The van der Waals surface area contributed by atoms with Crippen LogP contribution in [0.15, 0.2) is 66.7 Å². The Labute approximate surface area is 254 Å². The van der Waals surface area contributed by atoms with Crippen molar-refractivity contribution in [3.8, 4) is 17.2 Å². The lowest BCUT2D eigenvalue weighted by Crippen LogP contribution is -2.56. The van der Waals surface area contributed by atoms with Crippen LogP contribution in [-0.4, -0.2) is 82.3 Å². The Balaban J connectivity index is 1.26. The quantitative estimate of drug-likeness (QED) is 0.326. The van der Waals surface area contributed by atoms with Crippen LogP contribution in [0.3, 0.4) is 0 Å². The highest BCUT2D eigenvalue weighted by Gasteiger charge is 2.35. The summed E-state index contributed by atoms with van der Waals surface area (Å²) < 4.78 is 31.0. The van der Waals surface area contributed by atoms with Crippen molar-refractivity contribution in [3.05, 3.63) is 78.1 Å². The molecule has 0 saturated carbocycles. The molecule has 2 aliphatic rings. The molecule has 2 heterocycles. The molecule has 9 heteroatoms. The first-order valence-electron chi connectivity index (χ1n) is 15.1. The standard InChI is InChI=1S/C34H43FN4O4/c1-41-28-10-7-9-27(22-28)36-33(40)15-14-25-23-37(24-26-8-6-13-32(42-2)34(26)43-3)17-16-30(25)38-18-20-39(21-19-38)31-12-5-4-11-29(31)35/h4-13,22,25,30H,14-21,23-24H2,1-3H3,(H,36,40)/t25-,30+/m0/s1. The first-order chi connectivity index (χ1) is 21.0. The Morgan fingerprint density at radius 2 is 1.70 bits per heavy atom. The number of benzene rings is 3. The average Bonchev–Trinajstić information content (AvgIpc) is 3.04. The number of para-hydroxylation sites is 2. The number of anilines is 2. The van der Waals surface area contributed by atoms with Gasteiger partial charge in [0.05, 0.1) is 27.0 Å². The van der Waals surface area contributed by atoms with Gasteiger partial charge in [-0.2, -0.15) is 0 Å². The number of carbonyl (C=O) groups excluding carboxylic acids is 1. The second-order valence-electron chi connectivity index (χ2n) is 11.3. The number of halogens is 1. The van der Waals surface area contributed by atoms with Gasteiger partial charge < -0.3 is 24.4 Å². The van der Waals surface area contributed by atoms with E-state index in [1.165, 1.54) is 6.07 Å². The normalized spacial score (nSPS) is 19.6. The number of carbonyl (C=O) groups is 1. The van der Waals surface area contributed by atoms with E-state index in [9.17, 15) is 9.18 Å². The lowest BCUT2D eigenvalue weighted by atomic mass is 9.86. The van der Waals surface area contributed by atoms with Crippen molar-refractivity contribution in [2.75, 3.05) is 70.8 Å². The lowest BCUT2D eigenvalue weighted by Gasteiger charge is -2.47. The average molecular weight is 591 g/mol. The van der Waals surface area contributed by atoms with Gasteiger partial charge in [-0.1, -0.05) is 30.3 Å². The minimum absolute atomic E-state index is 0.00274. The number of methoxy groups -OCH3 is 3. The summed E-state index contributed by atoms with van der Waals surface area (Å²) in [7, 11) is 4.96. The first-order valence-corrected chi connectivity index (χ1v) is 15.1. The van der Waals surface area contributed by atoms with Gasteiger partial charge >= 0.3 is 0 Å². The second-order valence-corrected chi connectivity index (χ2v) is 11.3. The van der Waals surface area contributed by atoms with Gasteiger partial charge in [-0.05, 0) is 55.6 Å². The van der Waals surface area contributed by atoms with Crippen LogP contribution in [0, 0.1) is 11.7 Å². The van der Waals surface area contributed by atoms with Crippen molar-refractivity contribution in [1.82, 2.24) is 9.80 Å². The summed E-state index contributed by atoms with van der Waals surface area (Å²) >= 11 is 0. The molecule has 230 valence electrons. The number of amides is 1. The summed E-state index contributed by atoms with van der Waals surface area (Å²) in [6.45, 7) is 5.89. The van der Waals surface area contributed by atoms with Crippen molar-refractivity contribution in [2.24, 2.45) is 5.92 Å². The Morgan fingerprint density at radius 1 is 0.907 bits per heavy atom. The first kappa shape index (κ1) is 30.6. The van der Waals surface area contributed by atoms with E-state index in [-0.39, 0.29) is 11.7 Å². The molecule has 2 fully saturated rings. The third-order valence-corrected chi connectivity index (χ3v) is 8.73. The number of hydrogen-bond acceptors (Lipinski definition) is 7. The summed E-state index contributed by atoms with van der Waals surface area (Å²) in [4.78, 5) is 20.2. The molecular weight excluding hydrogens is 547 g/mol. The maximum absolute atomic E-state index is 14.5. The van der Waals surface area contributed by atoms with E-state index in [1.54, 1.807) is 27.4 Å². The zero-order chi connectivity index (χ0) is 30.2. The van der Waals surface area contributed by atoms with Crippen LogP contribution < -0.4 is 24.4 Å². The Kier molecular flexibility index (Phi) is 10.4. The smallest absolute Gasteiger partial charge is 0.224 e. The van der Waals surface area contributed by atoms with E-state index in [2.05, 4.69) is 26.1 Å². The van der Waals surface area contributed by atoms with Crippen molar-refractivity contribution in [3.63, 3.8) is 0 Å². The highest BCUT2D eigenvalue weighted by molar-refractivity contribution is 5.90. The van der Waals surface area contributed by atoms with E-state index in [0.717, 1.165) is 81.4 Å². The Bertz CT molecular complexity index is 1360. The molecule has 8 nitrogen and oxygen atoms in total. The van der Waals surface area contributed by atoms with Crippen LogP contribution in [0.2, 0.25) is 0 Å². The highest BCUT2D eigenvalue weighted by atomic mass is 19.1. The van der Waals surface area contributed by atoms with Gasteiger partial charge in [0.2, 0.25) is 5.91 Å². The van der Waals surface area contributed by atoms with E-state index < -0.39 is 0 Å². The van der Waals surface area contributed by atoms with Crippen LogP contribution in [-0.2, 0) is 11.3 Å². The fourth-order valence-electron chi connectivity index (χ4n) is 6.57. The SMILES string of the molecule is COc1cccc(NC(=O)CC[C@H]2CN(Cc3cccc(OC)c3OC)CC[C@H]2N2CCN(c3ccccc3F)CC2)c1. The summed E-state index contributed by atoms with van der Waals surface area (Å²) in [5, 5.41) is 3.04. The zero-order valence-electron chi connectivity index (χ0n) is 25.4. The molecule has 43 heavy (non-hydrogen) atoms. The third-order valence-electron chi connectivity index (χ3n) is 8.73. The van der Waals surface area contributed by atoms with Crippen molar-refractivity contribution >= 4 is 17.3 Å². The third kappa shape index (κ3) is 7.58. The maximum Gasteiger partial charge on any atom is 0.224 e. The van der Waals surface area contributed by atoms with Crippen molar-refractivity contribution in [2.45, 2.75) is 31.8 Å². The number of rotatable bonds is 11. The summed E-state index contributed by atoms with van der Waals surface area (Å²) in [6.07, 6.45) is 2.22. The molecule has 2 saturated heterocycles. The van der Waals surface area contributed by atoms with Crippen LogP contribution in [0.5, 0.6) is 17.2 Å². The van der Waals surface area contributed by atoms with E-state index in [0.29, 0.717) is 29.8 Å². The zero-order valence-corrected chi connectivity index (χ0v) is 25.4. The molecule has 1 amide bonds. The summed E-state index contributed by atoms with van der Waals surface area (Å²) in [5.74, 6) is 2.35. The minimum Gasteiger partial charge on any atom is -0.497 e. The Hall–Kier alpha value is -3.82. The van der Waals surface area contributed by atoms with Gasteiger partial charge in [0.25, 0.3) is 0 Å². The number of nitrogens with zero attached hydrogens (tertiary/aromatic N) is 3. The molecule has 2 atom stereocenters. The number of ether oxygens (including phenoxy) is 3. The summed E-state index contributed by atoms with van der Waals surface area (Å²) in [6, 6.07) is 20.8. The van der Waals surface area contributed by atoms with E-state index in [4.69, 9.17) is 14.2 Å². The largest absolute Gasteiger partial charge is 0.497 e. The van der Waals surface area contributed by atoms with Gasteiger partial charge in [0, 0.05) is 69.0 Å². The van der Waals surface area contributed by atoms with Crippen LogP contribution >= 0.6 is 0 Å². The maximum atomic E-state index is 14.5. The fourth-order valence-corrected chi connectivity index (χ4v) is 6.57. The predicted molar refractivity (Wildman–Crippen MR) is 168 cm³/mol. The van der Waals surface area contributed by atoms with Crippen molar-refractivity contribution < 1.29 is 23.4 Å².